The Balaban J connectivity index is 2.29. The zero-order valence-corrected chi connectivity index (χ0v) is 9.59. The Morgan fingerprint density at radius 1 is 1.44 bits per heavy atom. The molecule has 0 spiro atoms. The van der Waals surface area contributed by atoms with Crippen LogP contribution in [0.3, 0.4) is 0 Å². The SMILES string of the molecule is NC(=O)CC(O)C(O)c1cccc2c1CNC2=O. The second-order valence-electron chi connectivity index (χ2n) is 4.24. The number of primary amides is 1. The molecule has 0 aromatic heterocycles. The minimum atomic E-state index is -1.27. The van der Waals surface area contributed by atoms with Crippen molar-refractivity contribution in [2.75, 3.05) is 0 Å². The van der Waals surface area contributed by atoms with Crippen molar-refractivity contribution < 1.29 is 19.8 Å². The van der Waals surface area contributed by atoms with Gasteiger partial charge in [-0.05, 0) is 17.2 Å². The summed E-state index contributed by atoms with van der Waals surface area (Å²) in [5.74, 6) is -0.897. The number of fused-ring (bicyclic) bond motifs is 1. The lowest BCUT2D eigenvalue weighted by Gasteiger charge is -2.19. The molecule has 18 heavy (non-hydrogen) atoms. The molecule has 0 bridgehead atoms. The average Bonchev–Trinajstić information content (AvgIpc) is 2.69. The van der Waals surface area contributed by atoms with Crippen LogP contribution >= 0.6 is 0 Å². The van der Waals surface area contributed by atoms with Gasteiger partial charge in [-0.3, -0.25) is 9.59 Å². The van der Waals surface area contributed by atoms with E-state index in [-0.39, 0.29) is 12.3 Å². The van der Waals surface area contributed by atoms with Crippen LogP contribution in [0, 0.1) is 0 Å². The van der Waals surface area contributed by atoms with E-state index in [1.165, 1.54) is 0 Å². The lowest BCUT2D eigenvalue weighted by molar-refractivity contribution is -0.121. The van der Waals surface area contributed by atoms with E-state index in [0.717, 1.165) is 0 Å². The molecule has 0 saturated heterocycles. The summed E-state index contributed by atoms with van der Waals surface area (Å²) < 4.78 is 0. The van der Waals surface area contributed by atoms with Gasteiger partial charge in [0, 0.05) is 12.1 Å². The minimum absolute atomic E-state index is 0.205. The predicted octanol–water partition coefficient (Wildman–Crippen LogP) is -0.800. The molecule has 0 saturated carbocycles. The molecule has 5 N–H and O–H groups in total. The topological polar surface area (TPSA) is 113 Å². The average molecular weight is 250 g/mol. The van der Waals surface area contributed by atoms with Crippen LogP contribution in [0.2, 0.25) is 0 Å². The number of hydrogen-bond donors (Lipinski definition) is 4. The highest BCUT2D eigenvalue weighted by atomic mass is 16.3. The summed E-state index contributed by atoms with van der Waals surface area (Å²) in [6.45, 7) is 0.310. The van der Waals surface area contributed by atoms with E-state index in [9.17, 15) is 19.8 Å². The molecule has 1 aromatic carbocycles. The number of hydrogen-bond acceptors (Lipinski definition) is 4. The smallest absolute Gasteiger partial charge is 0.251 e. The van der Waals surface area contributed by atoms with Gasteiger partial charge in [-0.15, -0.1) is 0 Å². The molecule has 2 unspecified atom stereocenters. The molecule has 2 atom stereocenters. The van der Waals surface area contributed by atoms with E-state index in [1.807, 2.05) is 0 Å². The maximum Gasteiger partial charge on any atom is 0.251 e. The lowest BCUT2D eigenvalue weighted by Crippen LogP contribution is -2.26. The van der Waals surface area contributed by atoms with Gasteiger partial charge in [-0.2, -0.15) is 0 Å². The molecule has 6 heteroatoms. The molecular formula is C12H14N2O4. The minimum Gasteiger partial charge on any atom is -0.390 e. The fourth-order valence-corrected chi connectivity index (χ4v) is 2.08. The number of carbonyl (C=O) groups excluding carboxylic acids is 2. The van der Waals surface area contributed by atoms with Crippen LogP contribution in [0.25, 0.3) is 0 Å². The summed E-state index contributed by atoms with van der Waals surface area (Å²) in [6.07, 6.45) is -2.84. The van der Waals surface area contributed by atoms with E-state index in [1.54, 1.807) is 18.2 Å². The van der Waals surface area contributed by atoms with Crippen molar-refractivity contribution in [2.45, 2.75) is 25.2 Å². The maximum atomic E-state index is 11.5. The molecule has 0 radical (unpaired) electrons. The van der Waals surface area contributed by atoms with E-state index in [0.29, 0.717) is 23.2 Å². The first-order chi connectivity index (χ1) is 8.50. The summed E-state index contributed by atoms with van der Waals surface area (Å²) in [5, 5.41) is 22.3. The number of aliphatic hydroxyl groups excluding tert-OH is 2. The van der Waals surface area contributed by atoms with Gasteiger partial charge in [0.05, 0.1) is 12.5 Å². The number of rotatable bonds is 4. The standard InChI is InChI=1S/C12H14N2O4/c13-10(16)4-9(15)11(17)6-2-1-3-7-8(6)5-14-12(7)18/h1-3,9,11,15,17H,4-5H2,(H2,13,16)(H,14,18). The summed E-state index contributed by atoms with van der Waals surface area (Å²) in [4.78, 5) is 22.2. The molecule has 1 aromatic rings. The van der Waals surface area contributed by atoms with Crippen molar-refractivity contribution in [3.8, 4) is 0 Å². The highest BCUT2D eigenvalue weighted by Crippen LogP contribution is 2.27. The van der Waals surface area contributed by atoms with E-state index in [4.69, 9.17) is 5.73 Å². The van der Waals surface area contributed by atoms with Crippen LogP contribution in [-0.4, -0.2) is 28.1 Å². The van der Waals surface area contributed by atoms with Gasteiger partial charge in [-0.25, -0.2) is 0 Å². The van der Waals surface area contributed by atoms with Crippen molar-refractivity contribution in [3.63, 3.8) is 0 Å². The van der Waals surface area contributed by atoms with Gasteiger partial charge >= 0.3 is 0 Å². The van der Waals surface area contributed by atoms with Crippen LogP contribution in [0.4, 0.5) is 0 Å². The van der Waals surface area contributed by atoms with Crippen molar-refractivity contribution in [2.24, 2.45) is 5.73 Å². The summed E-state index contributed by atoms with van der Waals surface area (Å²) in [6, 6.07) is 4.89. The zero-order chi connectivity index (χ0) is 13.3. The van der Waals surface area contributed by atoms with Gasteiger partial charge in [0.1, 0.15) is 6.10 Å². The lowest BCUT2D eigenvalue weighted by atomic mass is 9.95. The molecule has 96 valence electrons. The van der Waals surface area contributed by atoms with Gasteiger partial charge in [0.2, 0.25) is 5.91 Å². The first-order valence-electron chi connectivity index (χ1n) is 5.55. The summed E-state index contributed by atoms with van der Waals surface area (Å²) in [7, 11) is 0. The Labute approximate surface area is 103 Å². The molecule has 6 nitrogen and oxygen atoms in total. The number of carbonyl (C=O) groups is 2. The molecule has 2 amide bonds. The molecule has 1 aliphatic rings. The zero-order valence-electron chi connectivity index (χ0n) is 9.59. The molecule has 0 fully saturated rings. The van der Waals surface area contributed by atoms with E-state index >= 15 is 0 Å². The Kier molecular flexibility index (Phi) is 3.31. The van der Waals surface area contributed by atoms with Crippen LogP contribution in [0.15, 0.2) is 18.2 Å². The number of nitrogens with one attached hydrogen (secondary N) is 1. The number of aliphatic hydroxyl groups is 2. The van der Waals surface area contributed by atoms with Gasteiger partial charge < -0.3 is 21.3 Å². The Morgan fingerprint density at radius 3 is 2.83 bits per heavy atom. The highest BCUT2D eigenvalue weighted by molar-refractivity contribution is 5.98. The first kappa shape index (κ1) is 12.5. The highest BCUT2D eigenvalue weighted by Gasteiger charge is 2.28. The Hall–Kier alpha value is -1.92. The fraction of sp³-hybridized carbons (Fsp3) is 0.333. The fourth-order valence-electron chi connectivity index (χ4n) is 2.08. The quantitative estimate of drug-likeness (QED) is 0.560. The van der Waals surface area contributed by atoms with Crippen molar-refractivity contribution in [3.05, 3.63) is 34.9 Å². The Morgan fingerprint density at radius 2 is 2.17 bits per heavy atom. The predicted molar refractivity (Wildman–Crippen MR) is 62.4 cm³/mol. The maximum absolute atomic E-state index is 11.5. The first-order valence-corrected chi connectivity index (χ1v) is 5.55. The van der Waals surface area contributed by atoms with Gasteiger partial charge in [0.25, 0.3) is 5.91 Å². The van der Waals surface area contributed by atoms with Crippen LogP contribution in [0.5, 0.6) is 0 Å². The Bertz CT molecular complexity index is 501. The number of benzene rings is 1. The van der Waals surface area contributed by atoms with E-state index in [2.05, 4.69) is 5.32 Å². The van der Waals surface area contributed by atoms with Gasteiger partial charge in [-0.1, -0.05) is 12.1 Å². The van der Waals surface area contributed by atoms with Gasteiger partial charge in [0.15, 0.2) is 0 Å². The summed E-state index contributed by atoms with van der Waals surface area (Å²) >= 11 is 0. The normalized spacial score (nSPS) is 16.9. The largest absolute Gasteiger partial charge is 0.390 e. The number of amides is 2. The van der Waals surface area contributed by atoms with Crippen molar-refractivity contribution in [1.82, 2.24) is 5.32 Å². The molecule has 1 heterocycles. The molecule has 2 rings (SSSR count). The molecule has 1 aliphatic heterocycles. The second-order valence-corrected chi connectivity index (χ2v) is 4.24. The van der Waals surface area contributed by atoms with Crippen LogP contribution in [-0.2, 0) is 11.3 Å². The third-order valence-corrected chi connectivity index (χ3v) is 2.98. The summed E-state index contributed by atoms with van der Waals surface area (Å²) in [5.41, 5.74) is 6.55. The third kappa shape index (κ3) is 2.20. The third-order valence-electron chi connectivity index (χ3n) is 2.98. The molecule has 0 aliphatic carbocycles. The number of nitrogens with two attached hydrogens (primary N) is 1. The van der Waals surface area contributed by atoms with Crippen LogP contribution < -0.4 is 11.1 Å². The van der Waals surface area contributed by atoms with Crippen molar-refractivity contribution in [1.29, 1.82) is 0 Å². The monoisotopic (exact) mass is 250 g/mol. The van der Waals surface area contributed by atoms with E-state index < -0.39 is 18.1 Å². The van der Waals surface area contributed by atoms with Crippen molar-refractivity contribution >= 4 is 11.8 Å². The van der Waals surface area contributed by atoms with Crippen LogP contribution in [0.1, 0.15) is 34.0 Å². The second kappa shape index (κ2) is 4.75. The molecular weight excluding hydrogens is 236 g/mol.